The number of carbonyl (C=O) groups is 1. The topological polar surface area (TPSA) is 81.1 Å². The van der Waals surface area contributed by atoms with E-state index in [1.807, 2.05) is 0 Å². The Morgan fingerprint density at radius 2 is 1.79 bits per heavy atom. The Labute approximate surface area is 97.0 Å². The van der Waals surface area contributed by atoms with E-state index < -0.39 is 0 Å². The lowest BCUT2D eigenvalue weighted by molar-refractivity contribution is -0.119. The van der Waals surface area contributed by atoms with Crippen LogP contribution in [0.4, 0.5) is 0 Å². The Bertz CT molecular complexity index is 180. The number of amides is 1. The van der Waals surface area contributed by atoms with Crippen LogP contribution < -0.4 is 16.8 Å². The molecule has 1 saturated carbocycles. The molecule has 0 heterocycles. The largest absolute Gasteiger partial charge is 0.354 e. The smallest absolute Gasteiger partial charge is 0.217 e. The van der Waals surface area contributed by atoms with Crippen LogP contribution in [0.15, 0.2) is 0 Å². The van der Waals surface area contributed by atoms with Crippen LogP contribution in [0.25, 0.3) is 0 Å². The predicted molar refractivity (Wildman–Crippen MR) is 61.9 cm³/mol. The van der Waals surface area contributed by atoms with Crippen LogP contribution in [-0.4, -0.2) is 24.0 Å². The second-order valence-electron chi connectivity index (χ2n) is 3.54. The maximum absolute atomic E-state index is 10.7. The number of nitrogens with two attached hydrogens (primary N) is 2. The fourth-order valence-electron chi connectivity index (χ4n) is 1.65. The fourth-order valence-corrected chi connectivity index (χ4v) is 1.65. The molecule has 1 aliphatic carbocycles. The Balaban J connectivity index is 0. The molecule has 0 spiro atoms. The number of hydrogen-bond donors (Lipinski definition) is 3. The van der Waals surface area contributed by atoms with Crippen molar-refractivity contribution in [1.29, 1.82) is 0 Å². The molecule has 0 aliphatic heterocycles. The van der Waals surface area contributed by atoms with Crippen molar-refractivity contribution in [2.75, 3.05) is 0 Å². The zero-order valence-corrected chi connectivity index (χ0v) is 9.87. The molecule has 4 nitrogen and oxygen atoms in total. The second kappa shape index (κ2) is 7.29. The monoisotopic (exact) mass is 243 g/mol. The molecule has 0 radical (unpaired) electrons. The van der Waals surface area contributed by atoms with Crippen molar-refractivity contribution in [2.24, 2.45) is 11.5 Å². The van der Waals surface area contributed by atoms with Crippen LogP contribution in [0.1, 0.15) is 26.2 Å². The minimum absolute atomic E-state index is 0. The average molecular weight is 244 g/mol. The van der Waals surface area contributed by atoms with Crippen molar-refractivity contribution in [3.8, 4) is 0 Å². The van der Waals surface area contributed by atoms with Crippen molar-refractivity contribution in [3.05, 3.63) is 0 Å². The highest BCUT2D eigenvalue weighted by molar-refractivity contribution is 5.85. The van der Waals surface area contributed by atoms with E-state index in [2.05, 4.69) is 5.32 Å². The maximum atomic E-state index is 10.7. The quantitative estimate of drug-likeness (QED) is 0.615. The van der Waals surface area contributed by atoms with E-state index in [4.69, 9.17) is 11.5 Å². The average Bonchev–Trinajstić information content (AvgIpc) is 1.96. The van der Waals surface area contributed by atoms with Gasteiger partial charge in [0.05, 0.1) is 0 Å². The lowest BCUT2D eigenvalue weighted by atomic mass is 9.88. The van der Waals surface area contributed by atoms with Gasteiger partial charge >= 0.3 is 0 Å². The summed E-state index contributed by atoms with van der Waals surface area (Å²) < 4.78 is 0. The molecular weight excluding hydrogens is 225 g/mol. The first-order valence-electron chi connectivity index (χ1n) is 4.38. The van der Waals surface area contributed by atoms with Gasteiger partial charge in [-0.05, 0) is 19.3 Å². The molecule has 86 valence electrons. The Hall–Kier alpha value is -0.0300. The molecule has 0 aromatic heterocycles. The van der Waals surface area contributed by atoms with Crippen molar-refractivity contribution < 1.29 is 4.79 Å². The van der Waals surface area contributed by atoms with Gasteiger partial charge in [-0.1, -0.05) is 0 Å². The fraction of sp³-hybridized carbons (Fsp3) is 0.875. The lowest BCUT2D eigenvalue weighted by Crippen LogP contribution is -2.51. The maximum Gasteiger partial charge on any atom is 0.217 e. The van der Waals surface area contributed by atoms with Crippen LogP contribution >= 0.6 is 24.8 Å². The first-order chi connectivity index (χ1) is 5.59. The molecule has 0 bridgehead atoms. The summed E-state index contributed by atoms with van der Waals surface area (Å²) in [7, 11) is 0. The van der Waals surface area contributed by atoms with Gasteiger partial charge in [0.1, 0.15) is 0 Å². The predicted octanol–water partition coefficient (Wildman–Crippen LogP) is 0.173. The minimum Gasteiger partial charge on any atom is -0.354 e. The zero-order valence-electron chi connectivity index (χ0n) is 8.23. The summed E-state index contributed by atoms with van der Waals surface area (Å²) in [6.45, 7) is 1.53. The van der Waals surface area contributed by atoms with Gasteiger partial charge in [0, 0.05) is 25.0 Å². The third-order valence-electron chi connectivity index (χ3n) is 2.36. The van der Waals surface area contributed by atoms with E-state index in [0.717, 1.165) is 19.3 Å². The van der Waals surface area contributed by atoms with Crippen molar-refractivity contribution in [3.63, 3.8) is 0 Å². The summed E-state index contributed by atoms with van der Waals surface area (Å²) in [4.78, 5) is 10.7. The molecule has 14 heavy (non-hydrogen) atoms. The Morgan fingerprint density at radius 1 is 1.21 bits per heavy atom. The molecule has 1 fully saturated rings. The standard InChI is InChI=1S/C8H17N3O.2ClH/c1-5(12)11-6-2-3-7(9)8(10)4-6;;/h6-8H,2-4,9-10H2,1H3,(H,11,12);2*1H/t6-,7?,8?;;/m0../s1. The molecule has 6 heteroatoms. The SMILES string of the molecule is CC(=O)N[C@H]1CCC(N)C(N)C1.Cl.Cl. The van der Waals surface area contributed by atoms with Gasteiger partial charge in [-0.25, -0.2) is 0 Å². The first-order valence-corrected chi connectivity index (χ1v) is 4.38. The highest BCUT2D eigenvalue weighted by Crippen LogP contribution is 2.15. The Morgan fingerprint density at radius 3 is 2.21 bits per heavy atom. The van der Waals surface area contributed by atoms with Crippen molar-refractivity contribution >= 4 is 30.7 Å². The van der Waals surface area contributed by atoms with Crippen LogP contribution in [0, 0.1) is 0 Å². The summed E-state index contributed by atoms with van der Waals surface area (Å²) in [5.74, 6) is 0.0164. The van der Waals surface area contributed by atoms with E-state index in [-0.39, 0.29) is 48.8 Å². The normalized spacial score (nSPS) is 30.9. The highest BCUT2D eigenvalue weighted by atomic mass is 35.5. The summed E-state index contributed by atoms with van der Waals surface area (Å²) >= 11 is 0. The van der Waals surface area contributed by atoms with Crippen LogP contribution in [-0.2, 0) is 4.79 Å². The molecule has 5 N–H and O–H groups in total. The molecule has 0 saturated heterocycles. The van der Waals surface area contributed by atoms with Crippen molar-refractivity contribution in [1.82, 2.24) is 5.32 Å². The van der Waals surface area contributed by atoms with Gasteiger partial charge < -0.3 is 16.8 Å². The summed E-state index contributed by atoms with van der Waals surface area (Å²) in [6, 6.07) is 0.378. The molecule has 2 unspecified atom stereocenters. The van der Waals surface area contributed by atoms with Gasteiger partial charge in [-0.3, -0.25) is 4.79 Å². The second-order valence-corrected chi connectivity index (χ2v) is 3.54. The first kappa shape index (κ1) is 16.4. The number of nitrogens with one attached hydrogen (secondary N) is 1. The minimum atomic E-state index is 0. The summed E-state index contributed by atoms with van der Waals surface area (Å²) in [5.41, 5.74) is 11.5. The van der Waals surface area contributed by atoms with Crippen molar-refractivity contribution in [2.45, 2.75) is 44.3 Å². The van der Waals surface area contributed by atoms with Gasteiger partial charge in [0.15, 0.2) is 0 Å². The number of hydrogen-bond acceptors (Lipinski definition) is 3. The lowest BCUT2D eigenvalue weighted by Gasteiger charge is -2.31. The third-order valence-corrected chi connectivity index (χ3v) is 2.36. The molecule has 0 aromatic rings. The molecular formula is C8H19Cl2N3O. The van der Waals surface area contributed by atoms with Gasteiger partial charge in [0.2, 0.25) is 5.91 Å². The summed E-state index contributed by atoms with van der Waals surface area (Å²) in [6.07, 6.45) is 2.67. The molecule has 1 amide bonds. The number of rotatable bonds is 1. The summed E-state index contributed by atoms with van der Waals surface area (Å²) in [5, 5.41) is 2.86. The number of carbonyl (C=O) groups excluding carboxylic acids is 1. The van der Waals surface area contributed by atoms with Gasteiger partial charge in [-0.2, -0.15) is 0 Å². The molecule has 0 aromatic carbocycles. The highest BCUT2D eigenvalue weighted by Gasteiger charge is 2.25. The van der Waals surface area contributed by atoms with E-state index in [0.29, 0.717) is 0 Å². The van der Waals surface area contributed by atoms with E-state index >= 15 is 0 Å². The van der Waals surface area contributed by atoms with Crippen LogP contribution in [0.5, 0.6) is 0 Å². The van der Waals surface area contributed by atoms with Gasteiger partial charge in [-0.15, -0.1) is 24.8 Å². The van der Waals surface area contributed by atoms with Gasteiger partial charge in [0.25, 0.3) is 0 Å². The Kier molecular flexibility index (Phi) is 8.54. The van der Waals surface area contributed by atoms with E-state index in [9.17, 15) is 4.79 Å². The molecule has 3 atom stereocenters. The van der Waals surface area contributed by atoms with E-state index in [1.165, 1.54) is 6.92 Å². The molecule has 1 aliphatic rings. The molecule has 1 rings (SSSR count). The third kappa shape index (κ3) is 5.00. The van der Waals surface area contributed by atoms with E-state index in [1.54, 1.807) is 0 Å². The van der Waals surface area contributed by atoms with Crippen LogP contribution in [0.3, 0.4) is 0 Å². The number of halogens is 2. The van der Waals surface area contributed by atoms with Crippen LogP contribution in [0.2, 0.25) is 0 Å². The zero-order chi connectivity index (χ0) is 9.14.